The predicted octanol–water partition coefficient (Wildman–Crippen LogP) is 2.33. The Morgan fingerprint density at radius 3 is 2.29 bits per heavy atom. The van der Waals surface area contributed by atoms with Gasteiger partial charge < -0.3 is 16.2 Å². The van der Waals surface area contributed by atoms with Crippen molar-refractivity contribution in [3.8, 4) is 5.75 Å². The van der Waals surface area contributed by atoms with Gasteiger partial charge >= 0.3 is 0 Å². The molecule has 0 saturated heterocycles. The van der Waals surface area contributed by atoms with Gasteiger partial charge in [-0.3, -0.25) is 0 Å². The standard InChI is InChI=1S/C14H16N2O/c1-17-13-5-3-2-4-12(13)14(16)10-6-8-11(15)9-7-10/h2-9,14H,15-16H2,1H3. The number of hydrogen-bond acceptors (Lipinski definition) is 3. The van der Waals surface area contributed by atoms with Crippen molar-refractivity contribution < 1.29 is 4.74 Å². The summed E-state index contributed by atoms with van der Waals surface area (Å²) < 4.78 is 5.31. The van der Waals surface area contributed by atoms with Gasteiger partial charge in [-0.2, -0.15) is 0 Å². The molecule has 2 rings (SSSR count). The van der Waals surface area contributed by atoms with Gasteiger partial charge in [-0.05, 0) is 23.8 Å². The molecule has 3 nitrogen and oxygen atoms in total. The van der Waals surface area contributed by atoms with Crippen LogP contribution in [0.2, 0.25) is 0 Å². The highest BCUT2D eigenvalue weighted by Gasteiger charge is 2.12. The fourth-order valence-corrected chi connectivity index (χ4v) is 1.81. The minimum absolute atomic E-state index is 0.202. The monoisotopic (exact) mass is 228 g/mol. The number of rotatable bonds is 3. The van der Waals surface area contributed by atoms with Crippen molar-refractivity contribution in [3.05, 3.63) is 59.7 Å². The van der Waals surface area contributed by atoms with Crippen LogP contribution in [0.25, 0.3) is 0 Å². The van der Waals surface area contributed by atoms with Crippen LogP contribution in [0.4, 0.5) is 5.69 Å². The molecule has 0 spiro atoms. The maximum Gasteiger partial charge on any atom is 0.123 e. The topological polar surface area (TPSA) is 61.3 Å². The molecule has 0 radical (unpaired) electrons. The van der Waals surface area contributed by atoms with Crippen LogP contribution < -0.4 is 16.2 Å². The molecule has 4 N–H and O–H groups in total. The minimum atomic E-state index is -0.202. The van der Waals surface area contributed by atoms with Crippen LogP contribution in [0, 0.1) is 0 Å². The summed E-state index contributed by atoms with van der Waals surface area (Å²) in [5, 5.41) is 0. The van der Waals surface area contributed by atoms with E-state index in [0.29, 0.717) is 0 Å². The van der Waals surface area contributed by atoms with Crippen molar-refractivity contribution in [1.29, 1.82) is 0 Å². The van der Waals surface area contributed by atoms with Gasteiger partial charge in [0, 0.05) is 11.3 Å². The first kappa shape index (κ1) is 11.5. The average molecular weight is 228 g/mol. The van der Waals surface area contributed by atoms with Crippen LogP contribution >= 0.6 is 0 Å². The summed E-state index contributed by atoms with van der Waals surface area (Å²) >= 11 is 0. The lowest BCUT2D eigenvalue weighted by atomic mass is 9.98. The number of benzene rings is 2. The van der Waals surface area contributed by atoms with Crippen molar-refractivity contribution >= 4 is 5.69 Å². The Hall–Kier alpha value is -2.00. The molecule has 17 heavy (non-hydrogen) atoms. The second kappa shape index (κ2) is 4.89. The summed E-state index contributed by atoms with van der Waals surface area (Å²) in [4.78, 5) is 0. The Bertz CT molecular complexity index is 494. The highest BCUT2D eigenvalue weighted by atomic mass is 16.5. The van der Waals surface area contributed by atoms with E-state index < -0.39 is 0 Å². The highest BCUT2D eigenvalue weighted by Crippen LogP contribution is 2.28. The molecule has 2 aromatic rings. The van der Waals surface area contributed by atoms with Gasteiger partial charge in [-0.25, -0.2) is 0 Å². The summed E-state index contributed by atoms with van der Waals surface area (Å²) in [5.41, 5.74) is 14.6. The number of ether oxygens (including phenoxy) is 1. The SMILES string of the molecule is COc1ccccc1C(N)c1ccc(N)cc1. The van der Waals surface area contributed by atoms with E-state index in [4.69, 9.17) is 16.2 Å². The lowest BCUT2D eigenvalue weighted by Crippen LogP contribution is -2.12. The smallest absolute Gasteiger partial charge is 0.123 e. The lowest BCUT2D eigenvalue weighted by Gasteiger charge is -2.16. The van der Waals surface area contributed by atoms with E-state index >= 15 is 0 Å². The number of methoxy groups -OCH3 is 1. The van der Waals surface area contributed by atoms with E-state index in [1.165, 1.54) is 0 Å². The number of nitrogens with two attached hydrogens (primary N) is 2. The molecular weight excluding hydrogens is 212 g/mol. The van der Waals surface area contributed by atoms with Gasteiger partial charge in [0.25, 0.3) is 0 Å². The highest BCUT2D eigenvalue weighted by molar-refractivity contribution is 5.45. The molecule has 0 bridgehead atoms. The minimum Gasteiger partial charge on any atom is -0.496 e. The van der Waals surface area contributed by atoms with Crippen molar-refractivity contribution in [2.24, 2.45) is 5.73 Å². The van der Waals surface area contributed by atoms with Crippen molar-refractivity contribution in [2.75, 3.05) is 12.8 Å². The van der Waals surface area contributed by atoms with Gasteiger partial charge in [0.15, 0.2) is 0 Å². The molecule has 3 heteroatoms. The van der Waals surface area contributed by atoms with Crippen molar-refractivity contribution in [1.82, 2.24) is 0 Å². The summed E-state index contributed by atoms with van der Waals surface area (Å²) in [6, 6.07) is 15.1. The Balaban J connectivity index is 2.36. The third-order valence-electron chi connectivity index (χ3n) is 2.77. The van der Waals surface area contributed by atoms with Crippen molar-refractivity contribution in [2.45, 2.75) is 6.04 Å². The van der Waals surface area contributed by atoms with Crippen LogP contribution in [0.3, 0.4) is 0 Å². The van der Waals surface area contributed by atoms with Crippen LogP contribution in [0.1, 0.15) is 17.2 Å². The van der Waals surface area contributed by atoms with E-state index in [2.05, 4.69) is 0 Å². The zero-order valence-corrected chi connectivity index (χ0v) is 9.76. The van der Waals surface area contributed by atoms with E-state index in [1.54, 1.807) is 7.11 Å². The Labute approximate surface area is 101 Å². The van der Waals surface area contributed by atoms with Crippen molar-refractivity contribution in [3.63, 3.8) is 0 Å². The second-order valence-electron chi connectivity index (χ2n) is 3.89. The fourth-order valence-electron chi connectivity index (χ4n) is 1.81. The largest absolute Gasteiger partial charge is 0.496 e. The number of nitrogen functional groups attached to an aromatic ring is 1. The first-order chi connectivity index (χ1) is 8.22. The lowest BCUT2D eigenvalue weighted by molar-refractivity contribution is 0.408. The Kier molecular flexibility index (Phi) is 3.30. The molecule has 0 aliphatic carbocycles. The van der Waals surface area contributed by atoms with Crippen LogP contribution in [0.15, 0.2) is 48.5 Å². The van der Waals surface area contributed by atoms with Gasteiger partial charge in [-0.1, -0.05) is 30.3 Å². The molecule has 0 aromatic heterocycles. The summed E-state index contributed by atoms with van der Waals surface area (Å²) in [5.74, 6) is 0.803. The molecule has 1 atom stereocenters. The quantitative estimate of drug-likeness (QED) is 0.792. The Morgan fingerprint density at radius 2 is 1.65 bits per heavy atom. The molecule has 0 amide bonds. The molecule has 0 heterocycles. The number of anilines is 1. The maximum atomic E-state index is 6.22. The maximum absolute atomic E-state index is 6.22. The zero-order chi connectivity index (χ0) is 12.3. The van der Waals surface area contributed by atoms with E-state index in [-0.39, 0.29) is 6.04 Å². The van der Waals surface area contributed by atoms with E-state index in [9.17, 15) is 0 Å². The number of hydrogen-bond donors (Lipinski definition) is 2. The summed E-state index contributed by atoms with van der Waals surface area (Å²) in [6.45, 7) is 0. The molecule has 2 aromatic carbocycles. The molecule has 0 fully saturated rings. The summed E-state index contributed by atoms with van der Waals surface area (Å²) in [6.07, 6.45) is 0. The van der Waals surface area contributed by atoms with E-state index in [1.807, 2.05) is 48.5 Å². The van der Waals surface area contributed by atoms with Crippen LogP contribution in [-0.4, -0.2) is 7.11 Å². The molecule has 0 aliphatic rings. The molecule has 0 saturated carbocycles. The predicted molar refractivity (Wildman–Crippen MR) is 69.9 cm³/mol. The first-order valence-corrected chi connectivity index (χ1v) is 5.46. The molecule has 0 aliphatic heterocycles. The van der Waals surface area contributed by atoms with E-state index in [0.717, 1.165) is 22.6 Å². The van der Waals surface area contributed by atoms with Gasteiger partial charge in [0.2, 0.25) is 0 Å². The second-order valence-corrected chi connectivity index (χ2v) is 3.89. The third-order valence-corrected chi connectivity index (χ3v) is 2.77. The van der Waals surface area contributed by atoms with Gasteiger partial charge in [0.05, 0.1) is 13.2 Å². The van der Waals surface area contributed by atoms with Gasteiger partial charge in [0.1, 0.15) is 5.75 Å². The zero-order valence-electron chi connectivity index (χ0n) is 9.76. The molecular formula is C14H16N2O. The third kappa shape index (κ3) is 2.40. The average Bonchev–Trinajstić information content (AvgIpc) is 2.39. The first-order valence-electron chi connectivity index (χ1n) is 5.46. The van der Waals surface area contributed by atoms with Crippen LogP contribution in [-0.2, 0) is 0 Å². The fraction of sp³-hybridized carbons (Fsp3) is 0.143. The normalized spacial score (nSPS) is 12.1. The molecule has 1 unspecified atom stereocenters. The van der Waals surface area contributed by atoms with Crippen LogP contribution in [0.5, 0.6) is 5.75 Å². The Morgan fingerprint density at radius 1 is 1.00 bits per heavy atom. The van der Waals surface area contributed by atoms with Gasteiger partial charge in [-0.15, -0.1) is 0 Å². The number of para-hydroxylation sites is 1. The summed E-state index contributed by atoms with van der Waals surface area (Å²) in [7, 11) is 1.65. The molecule has 88 valence electrons.